The van der Waals surface area contributed by atoms with E-state index in [-0.39, 0.29) is 23.6 Å². The van der Waals surface area contributed by atoms with E-state index >= 15 is 0 Å². The van der Waals surface area contributed by atoms with Gasteiger partial charge >= 0.3 is 0 Å². The summed E-state index contributed by atoms with van der Waals surface area (Å²) < 4.78 is 5.28. The van der Waals surface area contributed by atoms with Crippen LogP contribution in [0.3, 0.4) is 0 Å². The fraction of sp³-hybridized carbons (Fsp3) is 0.391. The molecular weight excluding hydrogens is 398 g/mol. The largest absolute Gasteiger partial charge is 0.497 e. The molecule has 160 valence electrons. The number of hydrogen-bond acceptors (Lipinski definition) is 5. The van der Waals surface area contributed by atoms with Crippen molar-refractivity contribution in [1.29, 1.82) is 0 Å². The number of ether oxygens (including phenoxy) is 1. The molecule has 0 aromatic heterocycles. The summed E-state index contributed by atoms with van der Waals surface area (Å²) in [4.78, 5) is 27.1. The molecule has 1 heterocycles. The Balaban J connectivity index is 1.69. The summed E-state index contributed by atoms with van der Waals surface area (Å²) in [6.45, 7) is 1.22. The van der Waals surface area contributed by atoms with Crippen LogP contribution in [-0.2, 0) is 9.59 Å². The number of nitrogens with one attached hydrogen (secondary N) is 1. The number of nitrogens with two attached hydrogens (primary N) is 1. The first kappa shape index (κ1) is 22.2. The van der Waals surface area contributed by atoms with Crippen molar-refractivity contribution < 1.29 is 14.3 Å². The highest BCUT2D eigenvalue weighted by atomic mass is 32.2. The number of amides is 2. The number of methoxy groups -OCH3 is 1. The van der Waals surface area contributed by atoms with Crippen LogP contribution in [0, 0.1) is 0 Å². The maximum atomic E-state index is 12.9. The third-order valence-corrected chi connectivity index (χ3v) is 6.34. The fourth-order valence-corrected chi connectivity index (χ4v) is 4.53. The van der Waals surface area contributed by atoms with Crippen LogP contribution in [0.15, 0.2) is 53.4 Å². The van der Waals surface area contributed by atoms with Gasteiger partial charge in [-0.15, -0.1) is 11.8 Å². The molecule has 1 aliphatic rings. The van der Waals surface area contributed by atoms with Crippen molar-refractivity contribution >= 4 is 29.3 Å². The van der Waals surface area contributed by atoms with Crippen molar-refractivity contribution in [1.82, 2.24) is 4.90 Å². The predicted molar refractivity (Wildman–Crippen MR) is 121 cm³/mol. The maximum absolute atomic E-state index is 12.9. The Morgan fingerprint density at radius 2 is 1.90 bits per heavy atom. The number of thioether (sulfide) groups is 1. The number of carbonyl (C=O) groups excluding carboxylic acids is 2. The summed E-state index contributed by atoms with van der Waals surface area (Å²) in [5.74, 6) is 0.579. The zero-order valence-electron chi connectivity index (χ0n) is 17.3. The summed E-state index contributed by atoms with van der Waals surface area (Å²) in [6, 6.07) is 15.8. The van der Waals surface area contributed by atoms with Gasteiger partial charge in [-0.05, 0) is 49.2 Å². The molecule has 1 aliphatic heterocycles. The van der Waals surface area contributed by atoms with E-state index in [1.807, 2.05) is 36.4 Å². The number of anilines is 1. The lowest BCUT2D eigenvalue weighted by molar-refractivity contribution is -0.118. The highest BCUT2D eigenvalue weighted by molar-refractivity contribution is 8.00. The minimum absolute atomic E-state index is 0.0532. The molecule has 3 rings (SSSR count). The van der Waals surface area contributed by atoms with Gasteiger partial charge in [0.15, 0.2) is 0 Å². The Kier molecular flexibility index (Phi) is 8.16. The van der Waals surface area contributed by atoms with Crippen LogP contribution in [0.2, 0.25) is 0 Å². The summed E-state index contributed by atoms with van der Waals surface area (Å²) in [5.41, 5.74) is 7.18. The van der Waals surface area contributed by atoms with E-state index in [0.717, 1.165) is 36.5 Å². The number of rotatable bonds is 8. The second-order valence-corrected chi connectivity index (χ2v) is 8.43. The Hall–Kier alpha value is -2.51. The molecule has 2 amide bonds. The Bertz CT molecular complexity index is 857. The molecule has 6 nitrogen and oxygen atoms in total. The van der Waals surface area contributed by atoms with Crippen LogP contribution in [0.4, 0.5) is 5.69 Å². The molecule has 0 saturated carbocycles. The van der Waals surface area contributed by atoms with E-state index in [1.165, 1.54) is 23.7 Å². The molecule has 0 unspecified atom stereocenters. The van der Waals surface area contributed by atoms with Crippen molar-refractivity contribution in [2.24, 2.45) is 5.73 Å². The summed E-state index contributed by atoms with van der Waals surface area (Å²) in [7, 11) is 1.66. The van der Waals surface area contributed by atoms with Crippen molar-refractivity contribution in [2.45, 2.75) is 36.6 Å². The quantitative estimate of drug-likeness (QED) is 0.626. The molecule has 2 aromatic rings. The maximum Gasteiger partial charge on any atom is 0.238 e. The van der Waals surface area contributed by atoms with E-state index in [9.17, 15) is 9.59 Å². The number of nitrogens with zero attached hydrogens (tertiary/aromatic N) is 1. The average molecular weight is 428 g/mol. The first-order valence-corrected chi connectivity index (χ1v) is 11.2. The monoisotopic (exact) mass is 427 g/mol. The van der Waals surface area contributed by atoms with Crippen LogP contribution in [0.25, 0.3) is 0 Å². The van der Waals surface area contributed by atoms with Gasteiger partial charge in [0.2, 0.25) is 11.8 Å². The SMILES string of the molecule is COc1ccc([C@@H]2CCCCCN2CC(=O)Nc2ccccc2SCC(N)=O)cc1. The highest BCUT2D eigenvalue weighted by Crippen LogP contribution is 2.31. The molecule has 0 bridgehead atoms. The third kappa shape index (κ3) is 6.24. The minimum atomic E-state index is -0.381. The van der Waals surface area contributed by atoms with E-state index in [2.05, 4.69) is 22.3 Å². The summed E-state index contributed by atoms with van der Waals surface area (Å²) >= 11 is 1.33. The lowest BCUT2D eigenvalue weighted by Gasteiger charge is -2.30. The normalized spacial score (nSPS) is 17.2. The van der Waals surface area contributed by atoms with Gasteiger partial charge in [-0.1, -0.05) is 37.1 Å². The van der Waals surface area contributed by atoms with Gasteiger partial charge in [-0.2, -0.15) is 0 Å². The average Bonchev–Trinajstić information content (AvgIpc) is 2.98. The van der Waals surface area contributed by atoms with Crippen LogP contribution in [0.5, 0.6) is 5.75 Å². The summed E-state index contributed by atoms with van der Waals surface area (Å²) in [5, 5.41) is 3.02. The van der Waals surface area contributed by atoms with Crippen molar-refractivity contribution in [3.05, 3.63) is 54.1 Å². The Labute approximate surface area is 182 Å². The predicted octanol–water partition coefficient (Wildman–Crippen LogP) is 3.83. The Morgan fingerprint density at radius 3 is 2.63 bits per heavy atom. The van der Waals surface area contributed by atoms with Gasteiger partial charge in [0.1, 0.15) is 5.75 Å². The van der Waals surface area contributed by atoms with Gasteiger partial charge < -0.3 is 15.8 Å². The molecule has 3 N–H and O–H groups in total. The topological polar surface area (TPSA) is 84.7 Å². The number of hydrogen-bond donors (Lipinski definition) is 2. The standard InChI is InChI=1S/C23H29N3O3S/c1-29-18-12-10-17(11-13-18)20-8-3-2-6-14-26(20)15-23(28)25-19-7-4-5-9-21(19)30-16-22(24)27/h4-5,7,9-13,20H,2-3,6,8,14-16H2,1H3,(H2,24,27)(H,25,28)/t20-/m0/s1. The van der Waals surface area contributed by atoms with E-state index < -0.39 is 0 Å². The van der Waals surface area contributed by atoms with Gasteiger partial charge in [0, 0.05) is 10.9 Å². The zero-order valence-corrected chi connectivity index (χ0v) is 18.1. The third-order valence-electron chi connectivity index (χ3n) is 5.24. The van der Waals surface area contributed by atoms with Crippen LogP contribution >= 0.6 is 11.8 Å². The number of benzene rings is 2. The van der Waals surface area contributed by atoms with Gasteiger partial charge in [-0.3, -0.25) is 14.5 Å². The number of primary amides is 1. The van der Waals surface area contributed by atoms with Crippen LogP contribution in [0.1, 0.15) is 37.3 Å². The lowest BCUT2D eigenvalue weighted by atomic mass is 10.0. The second-order valence-electron chi connectivity index (χ2n) is 7.41. The van der Waals surface area contributed by atoms with Crippen molar-refractivity contribution in [3.63, 3.8) is 0 Å². The smallest absolute Gasteiger partial charge is 0.238 e. The molecule has 1 atom stereocenters. The van der Waals surface area contributed by atoms with Crippen LogP contribution < -0.4 is 15.8 Å². The van der Waals surface area contributed by atoms with Crippen molar-refractivity contribution in [2.75, 3.05) is 31.3 Å². The highest BCUT2D eigenvalue weighted by Gasteiger charge is 2.24. The minimum Gasteiger partial charge on any atom is -0.497 e. The molecule has 0 radical (unpaired) electrons. The van der Waals surface area contributed by atoms with E-state index in [1.54, 1.807) is 7.11 Å². The van der Waals surface area contributed by atoms with Gasteiger partial charge in [0.25, 0.3) is 0 Å². The molecule has 0 spiro atoms. The molecule has 0 aliphatic carbocycles. The molecule has 7 heteroatoms. The number of carbonyl (C=O) groups is 2. The Morgan fingerprint density at radius 1 is 1.13 bits per heavy atom. The van der Waals surface area contributed by atoms with Crippen LogP contribution in [-0.4, -0.2) is 42.7 Å². The zero-order chi connectivity index (χ0) is 21.3. The van der Waals surface area contributed by atoms with Gasteiger partial charge in [-0.25, -0.2) is 0 Å². The number of para-hydroxylation sites is 1. The molecule has 2 aromatic carbocycles. The molecule has 1 fully saturated rings. The van der Waals surface area contributed by atoms with E-state index in [4.69, 9.17) is 10.5 Å². The molecule has 30 heavy (non-hydrogen) atoms. The first-order chi connectivity index (χ1) is 14.6. The lowest BCUT2D eigenvalue weighted by Crippen LogP contribution is -2.36. The number of likely N-dealkylation sites (tertiary alicyclic amines) is 1. The fourth-order valence-electron chi connectivity index (χ4n) is 3.78. The summed E-state index contributed by atoms with van der Waals surface area (Å²) in [6.07, 6.45) is 4.45. The molecular formula is C23H29N3O3S. The first-order valence-electron chi connectivity index (χ1n) is 10.2. The molecule has 1 saturated heterocycles. The van der Waals surface area contributed by atoms with Gasteiger partial charge in [0.05, 0.1) is 25.1 Å². The van der Waals surface area contributed by atoms with Crippen molar-refractivity contribution in [3.8, 4) is 5.75 Å². The van der Waals surface area contributed by atoms with E-state index in [0.29, 0.717) is 12.2 Å². The second kappa shape index (κ2) is 11.0.